The van der Waals surface area contributed by atoms with Gasteiger partial charge in [0.1, 0.15) is 0 Å². The van der Waals surface area contributed by atoms with Gasteiger partial charge in [-0.2, -0.15) is 0 Å². The highest BCUT2D eigenvalue weighted by Gasteiger charge is 2.20. The third-order valence-corrected chi connectivity index (χ3v) is 6.64. The lowest BCUT2D eigenvalue weighted by atomic mass is 10.1. The number of aryl methyl sites for hydroxylation is 1. The molecule has 2 aliphatic rings. The summed E-state index contributed by atoms with van der Waals surface area (Å²) in [6.07, 6.45) is 5.59. The molecular weight excluding hydrogens is 468 g/mol. The minimum absolute atomic E-state index is 0.290. The molecule has 1 atom stereocenters. The fourth-order valence-electron chi connectivity index (χ4n) is 4.36. The summed E-state index contributed by atoms with van der Waals surface area (Å²) in [6.45, 7) is 7.84. The summed E-state index contributed by atoms with van der Waals surface area (Å²) in [5.41, 5.74) is 6.62. The van der Waals surface area contributed by atoms with E-state index in [1.807, 2.05) is 37.5 Å². The van der Waals surface area contributed by atoms with Crippen molar-refractivity contribution in [3.63, 3.8) is 0 Å². The van der Waals surface area contributed by atoms with Crippen molar-refractivity contribution in [3.05, 3.63) is 58.5 Å². The number of thiocarbonyl (C=S) groups is 1. The van der Waals surface area contributed by atoms with Gasteiger partial charge in [-0.3, -0.25) is 9.88 Å². The van der Waals surface area contributed by atoms with Crippen LogP contribution in [0.4, 0.5) is 17.3 Å². The Bertz CT molecular complexity index is 1240. The fourth-order valence-corrected chi connectivity index (χ4v) is 4.80. The molecule has 9 heteroatoms. The first-order valence-corrected chi connectivity index (χ1v) is 12.3. The van der Waals surface area contributed by atoms with Gasteiger partial charge in [0.25, 0.3) is 0 Å². The molecule has 2 aliphatic heterocycles. The number of hydrogen-bond donors (Lipinski definition) is 2. The molecule has 7 nitrogen and oxygen atoms in total. The van der Waals surface area contributed by atoms with Crippen LogP contribution in [0.15, 0.2) is 36.7 Å². The molecule has 3 aromatic rings. The molecule has 4 heterocycles. The maximum absolute atomic E-state index is 6.21. The van der Waals surface area contributed by atoms with Crippen LogP contribution in [0.1, 0.15) is 23.7 Å². The number of anilines is 3. The topological polar surface area (TPSA) is 75.2 Å². The van der Waals surface area contributed by atoms with E-state index in [1.165, 1.54) is 5.56 Å². The van der Waals surface area contributed by atoms with Gasteiger partial charge in [0.05, 0.1) is 34.8 Å². The summed E-state index contributed by atoms with van der Waals surface area (Å²) >= 11 is 11.7. The third kappa shape index (κ3) is 5.20. The molecule has 1 aromatic carbocycles. The molecule has 0 saturated carbocycles. The summed E-state index contributed by atoms with van der Waals surface area (Å²) < 4.78 is 5.65. The Morgan fingerprint density at radius 2 is 2.15 bits per heavy atom. The van der Waals surface area contributed by atoms with Gasteiger partial charge in [0, 0.05) is 60.3 Å². The Morgan fingerprint density at radius 3 is 3.00 bits per heavy atom. The molecule has 5 rings (SSSR count). The van der Waals surface area contributed by atoms with E-state index in [1.54, 1.807) is 0 Å². The van der Waals surface area contributed by atoms with Gasteiger partial charge < -0.3 is 15.4 Å². The number of nitrogens with one attached hydrogen (secondary N) is 2. The van der Waals surface area contributed by atoms with Crippen molar-refractivity contribution in [2.24, 2.45) is 0 Å². The number of halogens is 1. The summed E-state index contributed by atoms with van der Waals surface area (Å²) in [5.74, 6) is 0.525. The van der Waals surface area contributed by atoms with Gasteiger partial charge in [0.2, 0.25) is 5.95 Å². The van der Waals surface area contributed by atoms with E-state index < -0.39 is 0 Å². The van der Waals surface area contributed by atoms with Crippen molar-refractivity contribution in [3.8, 4) is 11.3 Å². The second-order valence-electron chi connectivity index (χ2n) is 8.82. The smallest absolute Gasteiger partial charge is 0.227 e. The van der Waals surface area contributed by atoms with E-state index >= 15 is 0 Å². The number of hydrogen-bond acceptors (Lipinski definition) is 7. The Balaban J connectivity index is 1.37. The lowest BCUT2D eigenvalue weighted by molar-refractivity contribution is -0.0177. The van der Waals surface area contributed by atoms with Crippen LogP contribution >= 0.6 is 23.8 Å². The van der Waals surface area contributed by atoms with Crippen molar-refractivity contribution < 1.29 is 4.74 Å². The standard InChI is InChI=1S/C25H27ClN6OS/c1-15-14-32(7-8-33-15)6-5-17-9-21(16(2)27-12-17)30-25-28-13-18-10-23(34)29-22-11-19(26)3-4-20(22)24(18)31-25/h3-4,9,11-13,15H,5-8,10,14H2,1-2H3,(H,29,34)(H,28,30,31)/t15-/m1/s1. The molecule has 0 bridgehead atoms. The summed E-state index contributed by atoms with van der Waals surface area (Å²) in [7, 11) is 0. The number of rotatable bonds is 5. The van der Waals surface area contributed by atoms with Gasteiger partial charge in [-0.25, -0.2) is 9.97 Å². The molecule has 0 unspecified atom stereocenters. The molecule has 0 radical (unpaired) electrons. The summed E-state index contributed by atoms with van der Waals surface area (Å²) in [4.78, 5) is 17.2. The summed E-state index contributed by atoms with van der Waals surface area (Å²) in [5, 5.41) is 7.31. The molecule has 1 saturated heterocycles. The third-order valence-electron chi connectivity index (χ3n) is 6.16. The van der Waals surface area contributed by atoms with Crippen LogP contribution < -0.4 is 10.6 Å². The summed E-state index contributed by atoms with van der Waals surface area (Å²) in [6, 6.07) is 7.85. The number of morpholine rings is 1. The lowest BCUT2D eigenvalue weighted by Crippen LogP contribution is -2.41. The first-order chi connectivity index (χ1) is 16.4. The van der Waals surface area contributed by atoms with Crippen LogP contribution in [0, 0.1) is 6.92 Å². The van der Waals surface area contributed by atoms with Gasteiger partial charge in [-0.1, -0.05) is 23.8 Å². The highest BCUT2D eigenvalue weighted by Crippen LogP contribution is 2.35. The van der Waals surface area contributed by atoms with Crippen LogP contribution in [-0.2, 0) is 17.6 Å². The van der Waals surface area contributed by atoms with Crippen molar-refractivity contribution in [1.82, 2.24) is 19.9 Å². The molecule has 2 aromatic heterocycles. The monoisotopic (exact) mass is 494 g/mol. The maximum Gasteiger partial charge on any atom is 0.227 e. The van der Waals surface area contributed by atoms with Crippen LogP contribution in [0.3, 0.4) is 0 Å². The van der Waals surface area contributed by atoms with E-state index in [9.17, 15) is 0 Å². The molecule has 176 valence electrons. The Labute approximate surface area is 209 Å². The molecule has 0 aliphatic carbocycles. The Morgan fingerprint density at radius 1 is 1.26 bits per heavy atom. The number of nitrogens with zero attached hydrogens (tertiary/aromatic N) is 4. The zero-order valence-corrected chi connectivity index (χ0v) is 20.8. The van der Waals surface area contributed by atoms with Crippen LogP contribution in [0.5, 0.6) is 0 Å². The lowest BCUT2D eigenvalue weighted by Gasteiger charge is -2.31. The van der Waals surface area contributed by atoms with Crippen LogP contribution in [0.2, 0.25) is 5.02 Å². The van der Waals surface area contributed by atoms with Gasteiger partial charge in [0.15, 0.2) is 0 Å². The van der Waals surface area contributed by atoms with E-state index in [-0.39, 0.29) is 6.10 Å². The van der Waals surface area contributed by atoms with Crippen molar-refractivity contribution in [1.29, 1.82) is 0 Å². The molecule has 34 heavy (non-hydrogen) atoms. The van der Waals surface area contributed by atoms with Crippen LogP contribution in [0.25, 0.3) is 11.3 Å². The molecule has 1 fully saturated rings. The first kappa shape index (κ1) is 23.1. The van der Waals surface area contributed by atoms with Crippen molar-refractivity contribution in [2.75, 3.05) is 36.9 Å². The molecule has 0 spiro atoms. The van der Waals surface area contributed by atoms with E-state index in [0.29, 0.717) is 22.4 Å². The molecule has 2 N–H and O–H groups in total. The van der Waals surface area contributed by atoms with E-state index in [0.717, 1.165) is 66.6 Å². The number of ether oxygens (including phenoxy) is 1. The van der Waals surface area contributed by atoms with E-state index in [4.69, 9.17) is 33.5 Å². The van der Waals surface area contributed by atoms with E-state index in [2.05, 4.69) is 38.5 Å². The number of benzene rings is 1. The SMILES string of the molecule is Cc1ncc(CCN2CCO[C@H](C)C2)cc1Nc1ncc2c(n1)-c1ccc(Cl)cc1NC(=S)C2. The zero-order chi connectivity index (χ0) is 23.7. The van der Waals surface area contributed by atoms with Gasteiger partial charge in [-0.05, 0) is 50.1 Å². The molecular formula is C25H27ClN6OS. The number of pyridine rings is 1. The average molecular weight is 495 g/mol. The van der Waals surface area contributed by atoms with Gasteiger partial charge in [-0.15, -0.1) is 0 Å². The predicted molar refractivity (Wildman–Crippen MR) is 140 cm³/mol. The Kier molecular flexibility index (Phi) is 6.74. The average Bonchev–Trinajstić information content (AvgIpc) is 2.94. The minimum Gasteiger partial charge on any atom is -0.376 e. The Hall–Kier alpha value is -2.65. The largest absolute Gasteiger partial charge is 0.376 e. The van der Waals surface area contributed by atoms with Crippen molar-refractivity contribution >= 4 is 46.1 Å². The predicted octanol–water partition coefficient (Wildman–Crippen LogP) is 4.80. The first-order valence-electron chi connectivity index (χ1n) is 11.5. The fraction of sp³-hybridized carbons (Fsp3) is 0.360. The number of fused-ring (bicyclic) bond motifs is 3. The second kappa shape index (κ2) is 9.92. The quantitative estimate of drug-likeness (QED) is 0.490. The minimum atomic E-state index is 0.290. The van der Waals surface area contributed by atoms with Gasteiger partial charge >= 0.3 is 0 Å². The number of aromatic nitrogens is 3. The highest BCUT2D eigenvalue weighted by atomic mass is 35.5. The zero-order valence-electron chi connectivity index (χ0n) is 19.3. The maximum atomic E-state index is 6.21. The second-order valence-corrected chi connectivity index (χ2v) is 9.75. The van der Waals surface area contributed by atoms with Crippen molar-refractivity contribution in [2.45, 2.75) is 32.8 Å². The van der Waals surface area contributed by atoms with Crippen LogP contribution in [-0.4, -0.2) is 57.2 Å². The highest BCUT2D eigenvalue weighted by molar-refractivity contribution is 7.80. The normalized spacial score (nSPS) is 18.0. The molecule has 0 amide bonds.